The lowest BCUT2D eigenvalue weighted by molar-refractivity contribution is -0.115. The van der Waals surface area contributed by atoms with Crippen molar-refractivity contribution in [2.24, 2.45) is 0 Å². The highest BCUT2D eigenvalue weighted by molar-refractivity contribution is 6.43. The van der Waals surface area contributed by atoms with Crippen molar-refractivity contribution in [3.63, 3.8) is 0 Å². The Morgan fingerprint density at radius 2 is 1.76 bits per heavy atom. The molecular weight excluding hydrogens is 307 g/mol. The van der Waals surface area contributed by atoms with Gasteiger partial charge in [-0.15, -0.1) is 0 Å². The van der Waals surface area contributed by atoms with Gasteiger partial charge in [-0.3, -0.25) is 4.79 Å². The minimum atomic E-state index is -0.111. The highest BCUT2D eigenvalue weighted by atomic mass is 35.5. The maximum absolute atomic E-state index is 11.9. The number of hydrogen-bond acceptors (Lipinski definition) is 2. The van der Waals surface area contributed by atoms with E-state index in [0.717, 1.165) is 11.3 Å². The largest absolute Gasteiger partial charge is 0.384 e. The zero-order valence-corrected chi connectivity index (χ0v) is 13.1. The van der Waals surface area contributed by atoms with E-state index in [2.05, 4.69) is 10.6 Å². The normalized spacial score (nSPS) is 10.2. The lowest BCUT2D eigenvalue weighted by Gasteiger charge is -2.10. The van der Waals surface area contributed by atoms with Crippen LogP contribution in [-0.4, -0.2) is 12.5 Å². The number of halogens is 2. The summed E-state index contributed by atoms with van der Waals surface area (Å²) in [6.45, 7) is 2.57. The van der Waals surface area contributed by atoms with Gasteiger partial charge in [0.2, 0.25) is 5.91 Å². The molecule has 2 aromatic rings. The van der Waals surface area contributed by atoms with Gasteiger partial charge in [0.25, 0.3) is 0 Å². The summed E-state index contributed by atoms with van der Waals surface area (Å²) < 4.78 is 0. The summed E-state index contributed by atoms with van der Waals surface area (Å²) in [4.78, 5) is 11.9. The standard InChI is InChI=1S/C16H16Cl2N2O/c1-11-5-2-3-7-13(11)19-10-9-15(21)20-14-8-4-6-12(17)16(14)18/h2-8,19H,9-10H2,1H3,(H,20,21). The summed E-state index contributed by atoms with van der Waals surface area (Å²) in [6, 6.07) is 13.1. The van der Waals surface area contributed by atoms with E-state index in [-0.39, 0.29) is 5.91 Å². The number of amides is 1. The Balaban J connectivity index is 1.85. The van der Waals surface area contributed by atoms with Gasteiger partial charge in [0, 0.05) is 18.7 Å². The molecule has 0 fully saturated rings. The van der Waals surface area contributed by atoms with Gasteiger partial charge >= 0.3 is 0 Å². The third-order valence-electron chi connectivity index (χ3n) is 3.04. The Hall–Kier alpha value is -1.71. The van der Waals surface area contributed by atoms with Crippen molar-refractivity contribution in [1.29, 1.82) is 0 Å². The summed E-state index contributed by atoms with van der Waals surface area (Å²) in [5.74, 6) is -0.111. The Bertz CT molecular complexity index is 644. The molecule has 0 heterocycles. The second kappa shape index (κ2) is 7.34. The summed E-state index contributed by atoms with van der Waals surface area (Å²) in [6.07, 6.45) is 0.344. The number of benzene rings is 2. The third kappa shape index (κ3) is 4.38. The SMILES string of the molecule is Cc1ccccc1NCCC(=O)Nc1cccc(Cl)c1Cl. The topological polar surface area (TPSA) is 41.1 Å². The van der Waals surface area contributed by atoms with Crippen LogP contribution in [0, 0.1) is 6.92 Å². The number of nitrogens with one attached hydrogen (secondary N) is 2. The molecular formula is C16H16Cl2N2O. The summed E-state index contributed by atoms with van der Waals surface area (Å²) in [5, 5.41) is 6.78. The molecule has 3 nitrogen and oxygen atoms in total. The first-order chi connectivity index (χ1) is 10.1. The van der Waals surface area contributed by atoms with Gasteiger partial charge in [-0.1, -0.05) is 47.5 Å². The molecule has 0 aliphatic rings. The minimum Gasteiger partial charge on any atom is -0.384 e. The lowest BCUT2D eigenvalue weighted by atomic mass is 10.2. The molecule has 0 aliphatic heterocycles. The molecule has 0 aliphatic carbocycles. The predicted octanol–water partition coefficient (Wildman–Crippen LogP) is 4.74. The molecule has 0 unspecified atom stereocenters. The van der Waals surface area contributed by atoms with Gasteiger partial charge in [0.1, 0.15) is 0 Å². The molecule has 110 valence electrons. The quantitative estimate of drug-likeness (QED) is 0.834. The molecule has 0 saturated carbocycles. The average molecular weight is 323 g/mol. The summed E-state index contributed by atoms with van der Waals surface area (Å²) in [5.41, 5.74) is 2.71. The number of carbonyl (C=O) groups is 1. The Kier molecular flexibility index (Phi) is 5.48. The zero-order chi connectivity index (χ0) is 15.2. The fourth-order valence-corrected chi connectivity index (χ4v) is 2.24. The van der Waals surface area contributed by atoms with Gasteiger partial charge in [-0.2, -0.15) is 0 Å². The Morgan fingerprint density at radius 3 is 2.52 bits per heavy atom. The summed E-state index contributed by atoms with van der Waals surface area (Å²) >= 11 is 11.9. The maximum Gasteiger partial charge on any atom is 0.226 e. The van der Waals surface area contributed by atoms with Crippen LogP contribution in [0.4, 0.5) is 11.4 Å². The number of para-hydroxylation sites is 1. The van der Waals surface area contributed by atoms with Crippen LogP contribution in [0.1, 0.15) is 12.0 Å². The van der Waals surface area contributed by atoms with Crippen molar-refractivity contribution < 1.29 is 4.79 Å². The minimum absolute atomic E-state index is 0.111. The van der Waals surface area contributed by atoms with Crippen LogP contribution in [0.15, 0.2) is 42.5 Å². The first-order valence-electron chi connectivity index (χ1n) is 6.61. The van der Waals surface area contributed by atoms with Crippen LogP contribution in [0.3, 0.4) is 0 Å². The number of hydrogen-bond donors (Lipinski definition) is 2. The molecule has 5 heteroatoms. The second-order valence-corrected chi connectivity index (χ2v) is 5.43. The van der Waals surface area contributed by atoms with Gasteiger partial charge in [0.05, 0.1) is 15.7 Å². The van der Waals surface area contributed by atoms with E-state index >= 15 is 0 Å². The van der Waals surface area contributed by atoms with Crippen molar-refractivity contribution in [3.05, 3.63) is 58.1 Å². The molecule has 0 atom stereocenters. The number of aryl methyl sites for hydroxylation is 1. The van der Waals surface area contributed by atoms with E-state index in [1.54, 1.807) is 18.2 Å². The van der Waals surface area contributed by atoms with Crippen LogP contribution in [0.2, 0.25) is 10.0 Å². The van der Waals surface area contributed by atoms with E-state index in [9.17, 15) is 4.79 Å². The predicted molar refractivity (Wildman–Crippen MR) is 89.4 cm³/mol. The van der Waals surface area contributed by atoms with Gasteiger partial charge in [-0.05, 0) is 30.7 Å². The van der Waals surface area contributed by atoms with E-state index in [0.29, 0.717) is 28.7 Å². The molecule has 0 bridgehead atoms. The zero-order valence-electron chi connectivity index (χ0n) is 11.6. The molecule has 2 rings (SSSR count). The fraction of sp³-hybridized carbons (Fsp3) is 0.188. The monoisotopic (exact) mass is 322 g/mol. The molecule has 0 spiro atoms. The Labute approximate surface area is 134 Å². The highest BCUT2D eigenvalue weighted by Crippen LogP contribution is 2.29. The van der Waals surface area contributed by atoms with Crippen LogP contribution >= 0.6 is 23.2 Å². The van der Waals surface area contributed by atoms with Crippen molar-refractivity contribution >= 4 is 40.5 Å². The summed E-state index contributed by atoms with van der Waals surface area (Å²) in [7, 11) is 0. The van der Waals surface area contributed by atoms with E-state index < -0.39 is 0 Å². The first-order valence-corrected chi connectivity index (χ1v) is 7.37. The second-order valence-electron chi connectivity index (χ2n) is 4.64. The fourth-order valence-electron chi connectivity index (χ4n) is 1.89. The molecule has 2 N–H and O–H groups in total. The highest BCUT2D eigenvalue weighted by Gasteiger charge is 2.08. The van der Waals surface area contributed by atoms with E-state index in [1.807, 2.05) is 31.2 Å². The van der Waals surface area contributed by atoms with Crippen LogP contribution < -0.4 is 10.6 Å². The van der Waals surface area contributed by atoms with E-state index in [4.69, 9.17) is 23.2 Å². The molecule has 2 aromatic carbocycles. The van der Waals surface area contributed by atoms with Gasteiger partial charge in [-0.25, -0.2) is 0 Å². The molecule has 21 heavy (non-hydrogen) atoms. The Morgan fingerprint density at radius 1 is 1.05 bits per heavy atom. The van der Waals surface area contributed by atoms with E-state index in [1.165, 1.54) is 0 Å². The maximum atomic E-state index is 11.9. The molecule has 0 aromatic heterocycles. The van der Waals surface area contributed by atoms with Gasteiger partial charge in [0.15, 0.2) is 0 Å². The van der Waals surface area contributed by atoms with Crippen LogP contribution in [0.5, 0.6) is 0 Å². The lowest BCUT2D eigenvalue weighted by Crippen LogP contribution is -2.16. The van der Waals surface area contributed by atoms with Crippen molar-refractivity contribution in [2.45, 2.75) is 13.3 Å². The molecule has 0 saturated heterocycles. The average Bonchev–Trinajstić information content (AvgIpc) is 2.46. The smallest absolute Gasteiger partial charge is 0.226 e. The van der Waals surface area contributed by atoms with Crippen LogP contribution in [-0.2, 0) is 4.79 Å². The van der Waals surface area contributed by atoms with Gasteiger partial charge < -0.3 is 10.6 Å². The van der Waals surface area contributed by atoms with Crippen molar-refractivity contribution in [2.75, 3.05) is 17.2 Å². The number of carbonyl (C=O) groups excluding carboxylic acids is 1. The van der Waals surface area contributed by atoms with Crippen molar-refractivity contribution in [1.82, 2.24) is 0 Å². The van der Waals surface area contributed by atoms with Crippen molar-refractivity contribution in [3.8, 4) is 0 Å². The first kappa shape index (κ1) is 15.7. The van der Waals surface area contributed by atoms with Crippen LogP contribution in [0.25, 0.3) is 0 Å². The third-order valence-corrected chi connectivity index (χ3v) is 3.86. The number of anilines is 2. The molecule has 0 radical (unpaired) electrons. The molecule has 1 amide bonds. The number of rotatable bonds is 5.